The summed E-state index contributed by atoms with van der Waals surface area (Å²) in [5.41, 5.74) is 6.96. The second-order valence-electron chi connectivity index (χ2n) is 3.63. The summed E-state index contributed by atoms with van der Waals surface area (Å²) in [6.45, 7) is 4.86. The quantitative estimate of drug-likeness (QED) is 0.869. The van der Waals surface area contributed by atoms with Gasteiger partial charge in [0, 0.05) is 23.1 Å². The number of hydrogen-bond donors (Lipinski definition) is 2. The van der Waals surface area contributed by atoms with E-state index in [1.165, 1.54) is 5.56 Å². The molecule has 1 rings (SSSR count). The molecular weight excluding hydrogens is 240 g/mol. The van der Waals surface area contributed by atoms with Crippen molar-refractivity contribution in [2.75, 3.05) is 6.54 Å². The number of benzene rings is 1. The molecule has 78 valence electrons. The second kappa shape index (κ2) is 5.49. The van der Waals surface area contributed by atoms with Crippen LogP contribution >= 0.6 is 15.9 Å². The van der Waals surface area contributed by atoms with Gasteiger partial charge in [0.2, 0.25) is 0 Å². The predicted molar refractivity (Wildman–Crippen MR) is 64.2 cm³/mol. The lowest BCUT2D eigenvalue weighted by Gasteiger charge is -2.21. The maximum Gasteiger partial charge on any atom is 0.0457 e. The third-order valence-corrected chi connectivity index (χ3v) is 2.77. The molecule has 1 atom stereocenters. The van der Waals surface area contributed by atoms with Gasteiger partial charge in [-0.2, -0.15) is 0 Å². The Balaban J connectivity index is 2.83. The van der Waals surface area contributed by atoms with Gasteiger partial charge in [-0.1, -0.05) is 48.0 Å². The van der Waals surface area contributed by atoms with Crippen LogP contribution in [0.5, 0.6) is 0 Å². The van der Waals surface area contributed by atoms with E-state index in [4.69, 9.17) is 5.73 Å². The summed E-state index contributed by atoms with van der Waals surface area (Å²) < 4.78 is 1.11. The molecule has 1 aromatic carbocycles. The third-order valence-electron chi connectivity index (χ3n) is 2.05. The van der Waals surface area contributed by atoms with E-state index >= 15 is 0 Å². The predicted octanol–water partition coefficient (Wildman–Crippen LogP) is 2.45. The van der Waals surface area contributed by atoms with E-state index in [-0.39, 0.29) is 6.04 Å². The first kappa shape index (κ1) is 11.7. The van der Waals surface area contributed by atoms with Crippen LogP contribution in [0.4, 0.5) is 0 Å². The van der Waals surface area contributed by atoms with Crippen LogP contribution in [0.1, 0.15) is 25.5 Å². The zero-order chi connectivity index (χ0) is 10.6. The van der Waals surface area contributed by atoms with Gasteiger partial charge in [0.1, 0.15) is 0 Å². The van der Waals surface area contributed by atoms with E-state index in [9.17, 15) is 0 Å². The van der Waals surface area contributed by atoms with E-state index in [0.29, 0.717) is 12.6 Å². The van der Waals surface area contributed by atoms with Gasteiger partial charge in [0.05, 0.1) is 0 Å². The van der Waals surface area contributed by atoms with Crippen molar-refractivity contribution in [3.63, 3.8) is 0 Å². The Morgan fingerprint density at radius 1 is 1.36 bits per heavy atom. The van der Waals surface area contributed by atoms with E-state index < -0.39 is 0 Å². The first-order valence-electron chi connectivity index (χ1n) is 4.85. The zero-order valence-electron chi connectivity index (χ0n) is 8.63. The molecule has 1 unspecified atom stereocenters. The van der Waals surface area contributed by atoms with Gasteiger partial charge in [-0.25, -0.2) is 0 Å². The van der Waals surface area contributed by atoms with Crippen LogP contribution in [0.2, 0.25) is 0 Å². The highest BCUT2D eigenvalue weighted by Crippen LogP contribution is 2.22. The largest absolute Gasteiger partial charge is 0.329 e. The molecule has 0 spiro atoms. The highest BCUT2D eigenvalue weighted by molar-refractivity contribution is 9.10. The minimum Gasteiger partial charge on any atom is -0.329 e. The summed E-state index contributed by atoms with van der Waals surface area (Å²) >= 11 is 3.53. The SMILES string of the molecule is CC(C)NC(CN)c1ccccc1Br. The van der Waals surface area contributed by atoms with Crippen molar-refractivity contribution in [2.45, 2.75) is 25.9 Å². The number of nitrogens with two attached hydrogens (primary N) is 1. The Labute approximate surface area is 94.0 Å². The first-order chi connectivity index (χ1) is 6.65. The molecular formula is C11H17BrN2. The average molecular weight is 257 g/mol. The summed E-state index contributed by atoms with van der Waals surface area (Å²) in [5.74, 6) is 0. The Bertz CT molecular complexity index is 286. The second-order valence-corrected chi connectivity index (χ2v) is 4.49. The maximum atomic E-state index is 5.74. The number of nitrogens with one attached hydrogen (secondary N) is 1. The van der Waals surface area contributed by atoms with Crippen LogP contribution in [-0.2, 0) is 0 Å². The molecule has 0 aliphatic heterocycles. The third kappa shape index (κ3) is 3.08. The lowest BCUT2D eigenvalue weighted by molar-refractivity contribution is 0.482. The molecule has 0 aromatic heterocycles. The standard InChI is InChI=1S/C11H17BrN2/c1-8(2)14-11(7-13)9-5-3-4-6-10(9)12/h3-6,8,11,14H,7,13H2,1-2H3. The Morgan fingerprint density at radius 2 is 2.00 bits per heavy atom. The fourth-order valence-corrected chi connectivity index (χ4v) is 2.01. The van der Waals surface area contributed by atoms with Crippen molar-refractivity contribution in [1.29, 1.82) is 0 Å². The van der Waals surface area contributed by atoms with Crippen molar-refractivity contribution in [2.24, 2.45) is 5.73 Å². The van der Waals surface area contributed by atoms with Crippen molar-refractivity contribution >= 4 is 15.9 Å². The van der Waals surface area contributed by atoms with E-state index in [1.54, 1.807) is 0 Å². The molecule has 0 amide bonds. The Morgan fingerprint density at radius 3 is 2.50 bits per heavy atom. The lowest BCUT2D eigenvalue weighted by atomic mass is 10.1. The van der Waals surface area contributed by atoms with Gasteiger partial charge < -0.3 is 11.1 Å². The molecule has 0 heterocycles. The monoisotopic (exact) mass is 256 g/mol. The topological polar surface area (TPSA) is 38.0 Å². The molecule has 0 aliphatic rings. The highest BCUT2D eigenvalue weighted by Gasteiger charge is 2.12. The summed E-state index contributed by atoms with van der Waals surface area (Å²) in [7, 11) is 0. The smallest absolute Gasteiger partial charge is 0.0457 e. The van der Waals surface area contributed by atoms with Crippen molar-refractivity contribution in [3.05, 3.63) is 34.3 Å². The molecule has 0 saturated carbocycles. The molecule has 3 N–H and O–H groups in total. The van der Waals surface area contributed by atoms with Gasteiger partial charge in [-0.3, -0.25) is 0 Å². The minimum absolute atomic E-state index is 0.227. The van der Waals surface area contributed by atoms with Gasteiger partial charge in [0.15, 0.2) is 0 Å². The molecule has 1 aromatic rings. The normalized spacial score (nSPS) is 13.2. The van der Waals surface area contributed by atoms with Crippen LogP contribution in [0, 0.1) is 0 Å². The highest BCUT2D eigenvalue weighted by atomic mass is 79.9. The molecule has 0 fully saturated rings. The summed E-state index contributed by atoms with van der Waals surface area (Å²) in [6.07, 6.45) is 0. The molecule has 14 heavy (non-hydrogen) atoms. The number of rotatable bonds is 4. The van der Waals surface area contributed by atoms with Gasteiger partial charge in [0.25, 0.3) is 0 Å². The van der Waals surface area contributed by atoms with Crippen molar-refractivity contribution in [1.82, 2.24) is 5.32 Å². The average Bonchev–Trinajstić information content (AvgIpc) is 2.15. The van der Waals surface area contributed by atoms with Crippen LogP contribution < -0.4 is 11.1 Å². The molecule has 0 saturated heterocycles. The zero-order valence-corrected chi connectivity index (χ0v) is 10.2. The fourth-order valence-electron chi connectivity index (χ4n) is 1.44. The van der Waals surface area contributed by atoms with Crippen LogP contribution in [0.15, 0.2) is 28.7 Å². The van der Waals surface area contributed by atoms with Crippen molar-refractivity contribution < 1.29 is 0 Å². The maximum absolute atomic E-state index is 5.74. The lowest BCUT2D eigenvalue weighted by Crippen LogP contribution is -2.33. The van der Waals surface area contributed by atoms with Crippen LogP contribution in [-0.4, -0.2) is 12.6 Å². The molecule has 0 bridgehead atoms. The summed E-state index contributed by atoms with van der Waals surface area (Å²) in [6, 6.07) is 8.85. The van der Waals surface area contributed by atoms with Crippen LogP contribution in [0.25, 0.3) is 0 Å². The minimum atomic E-state index is 0.227. The van der Waals surface area contributed by atoms with Gasteiger partial charge in [-0.05, 0) is 11.6 Å². The van der Waals surface area contributed by atoms with Crippen LogP contribution in [0.3, 0.4) is 0 Å². The van der Waals surface area contributed by atoms with E-state index in [1.807, 2.05) is 18.2 Å². The Kier molecular flexibility index (Phi) is 4.58. The van der Waals surface area contributed by atoms with Crippen molar-refractivity contribution in [3.8, 4) is 0 Å². The number of halogens is 1. The fraction of sp³-hybridized carbons (Fsp3) is 0.455. The van der Waals surface area contributed by atoms with E-state index in [0.717, 1.165) is 4.47 Å². The van der Waals surface area contributed by atoms with Gasteiger partial charge >= 0.3 is 0 Å². The molecule has 0 aliphatic carbocycles. The number of hydrogen-bond acceptors (Lipinski definition) is 2. The van der Waals surface area contributed by atoms with Gasteiger partial charge in [-0.15, -0.1) is 0 Å². The summed E-state index contributed by atoms with van der Waals surface area (Å²) in [4.78, 5) is 0. The Hall–Kier alpha value is -0.380. The molecule has 3 heteroatoms. The molecule has 2 nitrogen and oxygen atoms in total. The van der Waals surface area contributed by atoms with E-state index in [2.05, 4.69) is 41.2 Å². The first-order valence-corrected chi connectivity index (χ1v) is 5.65. The summed E-state index contributed by atoms with van der Waals surface area (Å²) in [5, 5.41) is 3.43. The molecule has 0 radical (unpaired) electrons.